The summed E-state index contributed by atoms with van der Waals surface area (Å²) in [6.45, 7) is 0.960. The molecule has 2 aromatic rings. The van der Waals surface area contributed by atoms with E-state index in [0.717, 1.165) is 24.2 Å². The van der Waals surface area contributed by atoms with Crippen molar-refractivity contribution in [3.8, 4) is 0 Å². The second-order valence-electron chi connectivity index (χ2n) is 4.21. The van der Waals surface area contributed by atoms with Crippen molar-refractivity contribution in [2.45, 2.75) is 6.42 Å². The summed E-state index contributed by atoms with van der Waals surface area (Å²) in [5, 5.41) is 9.55. The van der Waals surface area contributed by atoms with Crippen molar-refractivity contribution in [2.75, 3.05) is 18.5 Å². The van der Waals surface area contributed by atoms with E-state index in [1.54, 1.807) is 11.3 Å². The molecule has 0 saturated carbocycles. The van der Waals surface area contributed by atoms with E-state index in [4.69, 9.17) is 11.1 Å². The number of nitrogen functional groups attached to an aromatic ring is 1. The van der Waals surface area contributed by atoms with Crippen molar-refractivity contribution in [3.63, 3.8) is 0 Å². The number of nitrogens with two attached hydrogens (primary N) is 1. The van der Waals surface area contributed by atoms with Crippen molar-refractivity contribution >= 4 is 22.9 Å². The molecule has 0 amide bonds. The fraction of sp³-hybridized carbons (Fsp3) is 0.214. The van der Waals surface area contributed by atoms with Gasteiger partial charge >= 0.3 is 0 Å². The lowest BCUT2D eigenvalue weighted by molar-refractivity contribution is 0.887. The maximum atomic E-state index is 7.45. The van der Waals surface area contributed by atoms with E-state index in [1.807, 2.05) is 24.3 Å². The van der Waals surface area contributed by atoms with Crippen LogP contribution in [0.1, 0.15) is 10.4 Å². The molecule has 1 aromatic carbocycles. The molecule has 0 bridgehead atoms. The summed E-state index contributed by atoms with van der Waals surface area (Å²) in [5.74, 6) is 0.114. The van der Waals surface area contributed by atoms with Crippen LogP contribution in [0.4, 0.5) is 5.69 Å². The molecule has 0 atom stereocenters. The first-order valence-corrected chi connectivity index (χ1v) is 6.73. The van der Waals surface area contributed by atoms with Gasteiger partial charge in [0.05, 0.1) is 0 Å². The summed E-state index contributed by atoms with van der Waals surface area (Å²) in [4.78, 5) is 3.58. The highest BCUT2D eigenvalue weighted by Gasteiger charge is 2.04. The molecule has 4 heteroatoms. The molecule has 2 rings (SSSR count). The molecular formula is C14H17N3S. The minimum Gasteiger partial charge on any atom is -0.384 e. The Morgan fingerprint density at radius 3 is 2.83 bits per heavy atom. The molecule has 0 fully saturated rings. The average molecular weight is 259 g/mol. The summed E-state index contributed by atoms with van der Waals surface area (Å²) in [6, 6.07) is 12.0. The number of anilines is 1. The topological polar surface area (TPSA) is 53.1 Å². The van der Waals surface area contributed by atoms with Gasteiger partial charge < -0.3 is 10.6 Å². The molecule has 0 radical (unpaired) electrons. The minimum absolute atomic E-state index is 0.114. The lowest BCUT2D eigenvalue weighted by Crippen LogP contribution is -2.20. The zero-order valence-electron chi connectivity index (χ0n) is 10.4. The lowest BCUT2D eigenvalue weighted by atomic mass is 10.1. The fourth-order valence-corrected chi connectivity index (χ4v) is 2.47. The van der Waals surface area contributed by atoms with Gasteiger partial charge in [-0.25, -0.2) is 0 Å². The zero-order valence-corrected chi connectivity index (χ0v) is 11.2. The molecule has 0 aliphatic heterocycles. The zero-order chi connectivity index (χ0) is 13.0. The van der Waals surface area contributed by atoms with Crippen molar-refractivity contribution in [2.24, 2.45) is 5.73 Å². The van der Waals surface area contributed by atoms with E-state index in [0.29, 0.717) is 0 Å². The normalized spacial score (nSPS) is 10.3. The third-order valence-corrected chi connectivity index (χ3v) is 3.81. The second-order valence-corrected chi connectivity index (χ2v) is 5.25. The number of nitrogens with one attached hydrogen (secondary N) is 1. The van der Waals surface area contributed by atoms with Gasteiger partial charge in [0.15, 0.2) is 0 Å². The van der Waals surface area contributed by atoms with Crippen LogP contribution in [-0.4, -0.2) is 19.4 Å². The molecule has 1 aromatic heterocycles. The highest BCUT2D eigenvalue weighted by atomic mass is 32.1. The Kier molecular flexibility index (Phi) is 3.99. The molecule has 0 unspecified atom stereocenters. The summed E-state index contributed by atoms with van der Waals surface area (Å²) >= 11 is 1.79. The Labute approximate surface area is 111 Å². The number of nitrogens with zero attached hydrogens (tertiary/aromatic N) is 1. The molecule has 0 aliphatic carbocycles. The molecule has 0 saturated heterocycles. The van der Waals surface area contributed by atoms with E-state index in [2.05, 4.69) is 29.5 Å². The molecule has 3 N–H and O–H groups in total. The van der Waals surface area contributed by atoms with Gasteiger partial charge in [0.25, 0.3) is 0 Å². The van der Waals surface area contributed by atoms with Crippen LogP contribution in [0.5, 0.6) is 0 Å². The van der Waals surface area contributed by atoms with Crippen LogP contribution < -0.4 is 10.6 Å². The van der Waals surface area contributed by atoms with Gasteiger partial charge in [0, 0.05) is 29.7 Å². The van der Waals surface area contributed by atoms with Crippen molar-refractivity contribution in [1.29, 1.82) is 5.41 Å². The molecule has 0 spiro atoms. The third-order valence-electron chi connectivity index (χ3n) is 2.87. The van der Waals surface area contributed by atoms with Gasteiger partial charge in [-0.1, -0.05) is 18.2 Å². The number of hydrogen-bond donors (Lipinski definition) is 2. The number of amidine groups is 1. The lowest BCUT2D eigenvalue weighted by Gasteiger charge is -2.19. The largest absolute Gasteiger partial charge is 0.384 e. The van der Waals surface area contributed by atoms with Gasteiger partial charge in [-0.3, -0.25) is 5.41 Å². The molecule has 18 heavy (non-hydrogen) atoms. The van der Waals surface area contributed by atoms with Crippen LogP contribution >= 0.6 is 11.3 Å². The van der Waals surface area contributed by atoms with E-state index < -0.39 is 0 Å². The number of likely N-dealkylation sites (N-methyl/N-ethyl adjacent to an activating group) is 1. The molecule has 1 heterocycles. The van der Waals surface area contributed by atoms with Gasteiger partial charge in [0.1, 0.15) is 5.84 Å². The first-order chi connectivity index (χ1) is 8.66. The van der Waals surface area contributed by atoms with Gasteiger partial charge in [-0.15, -0.1) is 11.3 Å². The average Bonchev–Trinajstić information content (AvgIpc) is 2.89. The van der Waals surface area contributed by atoms with Crippen LogP contribution in [-0.2, 0) is 6.42 Å². The number of rotatable bonds is 5. The van der Waals surface area contributed by atoms with E-state index in [-0.39, 0.29) is 5.84 Å². The van der Waals surface area contributed by atoms with Gasteiger partial charge in [-0.2, -0.15) is 0 Å². The van der Waals surface area contributed by atoms with Crippen LogP contribution in [0.3, 0.4) is 0 Å². The Morgan fingerprint density at radius 2 is 2.17 bits per heavy atom. The minimum atomic E-state index is 0.114. The van der Waals surface area contributed by atoms with Crippen molar-refractivity contribution < 1.29 is 0 Å². The van der Waals surface area contributed by atoms with E-state index in [1.165, 1.54) is 4.88 Å². The fourth-order valence-electron chi connectivity index (χ4n) is 1.77. The van der Waals surface area contributed by atoms with Crippen LogP contribution in [0.15, 0.2) is 41.8 Å². The summed E-state index contributed by atoms with van der Waals surface area (Å²) in [6.07, 6.45) is 1.04. The van der Waals surface area contributed by atoms with Gasteiger partial charge in [0.2, 0.25) is 0 Å². The first kappa shape index (κ1) is 12.6. The molecule has 0 aliphatic rings. The highest BCUT2D eigenvalue weighted by molar-refractivity contribution is 7.09. The molecular weight excluding hydrogens is 242 g/mol. The van der Waals surface area contributed by atoms with E-state index in [9.17, 15) is 0 Å². The van der Waals surface area contributed by atoms with Crippen molar-refractivity contribution in [1.82, 2.24) is 0 Å². The Morgan fingerprint density at radius 1 is 1.33 bits per heavy atom. The number of hydrogen-bond acceptors (Lipinski definition) is 3. The summed E-state index contributed by atoms with van der Waals surface area (Å²) < 4.78 is 0. The van der Waals surface area contributed by atoms with Crippen LogP contribution in [0.25, 0.3) is 0 Å². The predicted molar refractivity (Wildman–Crippen MR) is 78.8 cm³/mol. The van der Waals surface area contributed by atoms with E-state index >= 15 is 0 Å². The summed E-state index contributed by atoms with van der Waals surface area (Å²) in [5.41, 5.74) is 7.37. The first-order valence-electron chi connectivity index (χ1n) is 5.85. The summed E-state index contributed by atoms with van der Waals surface area (Å²) in [7, 11) is 2.06. The second kappa shape index (κ2) is 5.69. The maximum absolute atomic E-state index is 7.45. The number of thiophene rings is 1. The Hall–Kier alpha value is -1.81. The van der Waals surface area contributed by atoms with Crippen LogP contribution in [0, 0.1) is 5.41 Å². The Bertz CT molecular complexity index is 520. The Balaban J connectivity index is 2.02. The quantitative estimate of drug-likeness (QED) is 0.641. The highest BCUT2D eigenvalue weighted by Crippen LogP contribution is 2.16. The standard InChI is InChI=1S/C14H17N3S/c1-17(8-7-13-6-3-9-18-13)12-5-2-4-11(10-12)14(15)16/h2-6,9-10H,7-8H2,1H3,(H3,15,16). The number of benzene rings is 1. The SMILES string of the molecule is CN(CCc1cccs1)c1cccc(C(=N)N)c1. The van der Waals surface area contributed by atoms with Gasteiger partial charge in [-0.05, 0) is 30.0 Å². The third kappa shape index (κ3) is 3.11. The maximum Gasteiger partial charge on any atom is 0.122 e. The van der Waals surface area contributed by atoms with Crippen molar-refractivity contribution in [3.05, 3.63) is 52.2 Å². The predicted octanol–water partition coefficient (Wildman–Crippen LogP) is 2.71. The molecule has 94 valence electrons. The van der Waals surface area contributed by atoms with Crippen LogP contribution in [0.2, 0.25) is 0 Å². The smallest absolute Gasteiger partial charge is 0.122 e. The molecule has 3 nitrogen and oxygen atoms in total. The monoisotopic (exact) mass is 259 g/mol.